The number of benzene rings is 10. The molecule has 0 bridgehead atoms. The van der Waals surface area contributed by atoms with Crippen LogP contribution in [0.1, 0.15) is 63.1 Å². The van der Waals surface area contributed by atoms with Crippen molar-refractivity contribution in [1.29, 1.82) is 0 Å². The summed E-state index contributed by atoms with van der Waals surface area (Å²) in [6.45, 7) is 0. The van der Waals surface area contributed by atoms with Crippen molar-refractivity contribution in [1.82, 2.24) is 0 Å². The van der Waals surface area contributed by atoms with E-state index in [0.29, 0.717) is 101 Å². The lowest BCUT2D eigenvalue weighted by Crippen LogP contribution is -2.65. The molecule has 0 atom stereocenters. The van der Waals surface area contributed by atoms with Crippen LogP contribution in [0.2, 0.25) is 0 Å². The minimum absolute atomic E-state index is 0. The fourth-order valence-electron chi connectivity index (χ4n) is 10.6. The third-order valence-corrected chi connectivity index (χ3v) is 15.2. The molecule has 4 amide bonds. The summed E-state index contributed by atoms with van der Waals surface area (Å²) < 4.78 is 0. The fraction of sp³-hybridized carbons (Fsp3) is 0.0811. The molecular weight excluding hydrogens is 1120 g/mol. The van der Waals surface area contributed by atoms with Crippen molar-refractivity contribution in [3.05, 3.63) is 298 Å². The van der Waals surface area contributed by atoms with Gasteiger partial charge in [-0.05, 0) is 209 Å². The number of urea groups is 2. The fourth-order valence-corrected chi connectivity index (χ4v) is 10.6. The topological polar surface area (TPSA) is 190 Å². The summed E-state index contributed by atoms with van der Waals surface area (Å²) in [5.41, 5.74) is 16.4. The van der Waals surface area contributed by atoms with Gasteiger partial charge in [-0.3, -0.25) is 0 Å². The Hall–Kier alpha value is -12.4. The van der Waals surface area contributed by atoms with Gasteiger partial charge >= 0.3 is 12.1 Å². The van der Waals surface area contributed by atoms with Gasteiger partial charge in [-0.2, -0.15) is 20.0 Å². The van der Waals surface area contributed by atoms with E-state index >= 15 is 0 Å². The van der Waals surface area contributed by atoms with Gasteiger partial charge in [0.1, 0.15) is 0 Å². The maximum atomic E-state index is 14.3. The number of aliphatic imine (C=N–C) groups is 6. The molecule has 90 heavy (non-hydrogen) atoms. The highest BCUT2D eigenvalue weighted by Crippen LogP contribution is 2.36. The molecule has 2 saturated heterocycles. The number of isocyanates is 4. The minimum Gasteiger partial charge on any atom is -0.247 e. The van der Waals surface area contributed by atoms with E-state index in [-0.39, 0.29) is 19.5 Å². The van der Waals surface area contributed by atoms with Crippen molar-refractivity contribution in [2.24, 2.45) is 30.0 Å². The monoisotopic (exact) mass is 1180 g/mol. The van der Waals surface area contributed by atoms with Crippen molar-refractivity contribution in [2.45, 2.75) is 39.5 Å². The zero-order chi connectivity index (χ0) is 61.1. The maximum Gasteiger partial charge on any atom is 0.342 e. The van der Waals surface area contributed by atoms with Gasteiger partial charge in [0, 0.05) is 0 Å². The number of guanidine groups is 2. The Balaban J connectivity index is 0.00000833. The van der Waals surface area contributed by atoms with E-state index in [1.807, 2.05) is 194 Å². The van der Waals surface area contributed by atoms with Crippen molar-refractivity contribution < 1.29 is 28.8 Å². The molecule has 0 radical (unpaired) electrons. The standard InChI is InChI=1S/C73H50N10O6.CH4/c84-46-74-60-21-1-50(2-22-60)41-54-9-29-64(30-10-54)78-70-80(66-33-13-56(14-34-66)43-52-5-25-62(26-6-52)76-48-86)72(88)82(70)68-37-17-58(18-38-68)45-59-19-39-69(40-20-59)83-71(79-65-31-11-55(12-32-65)42-51-3-23-61(24-4-51)75-47-85)81(73(83)89)67-35-15-57(16-36-67)44-53-7-27-63(28-8-53)77-49-87;/h1-40H,41-45H2;1H4. The number of hydrogen-bond acceptors (Lipinski definition) is 12. The zero-order valence-electron chi connectivity index (χ0n) is 47.6. The van der Waals surface area contributed by atoms with Crippen molar-refractivity contribution >= 4 is 105 Å². The smallest absolute Gasteiger partial charge is 0.247 e. The Bertz CT molecular complexity index is 4220. The molecule has 0 unspecified atom stereocenters. The third-order valence-electron chi connectivity index (χ3n) is 15.2. The molecule has 436 valence electrons. The van der Waals surface area contributed by atoms with Crippen LogP contribution in [0.15, 0.2) is 273 Å². The first-order valence-electron chi connectivity index (χ1n) is 28.3. The summed E-state index contributed by atoms with van der Waals surface area (Å²) in [5.74, 6) is 0.871. The molecule has 12 rings (SSSR count). The molecule has 2 heterocycles. The summed E-state index contributed by atoms with van der Waals surface area (Å²) in [6.07, 6.45) is 9.43. The number of anilines is 4. The Morgan fingerprint density at radius 3 is 0.556 bits per heavy atom. The van der Waals surface area contributed by atoms with Crippen LogP contribution in [-0.4, -0.2) is 48.3 Å². The molecule has 16 heteroatoms. The Labute approximate surface area is 518 Å². The SMILES string of the molecule is C.O=C=Nc1ccc(Cc2ccc(N=C3N(c4ccc(Cc5ccc(N=C=O)cc5)cc4)C(=O)N3c3ccc(Cc4ccc(N5C(=O)N(c6ccc(Cc7ccc(N=C=O)cc7)cc6)C5=Nc5ccc(Cc6ccc(N=C=O)cc6)cc5)cc4)cc3)cc2)cc1. The average molecular weight is 1180 g/mol. The predicted molar refractivity (Wildman–Crippen MR) is 351 cm³/mol. The maximum absolute atomic E-state index is 14.3. The van der Waals surface area contributed by atoms with Crippen molar-refractivity contribution in [3.8, 4) is 0 Å². The number of hydrogen-bond donors (Lipinski definition) is 0. The molecule has 2 aliphatic rings. The largest absolute Gasteiger partial charge is 0.342 e. The van der Waals surface area contributed by atoms with Gasteiger partial charge in [-0.1, -0.05) is 129 Å². The van der Waals surface area contributed by atoms with Gasteiger partial charge in [0.05, 0.1) is 56.9 Å². The number of carbonyl (C=O) groups is 2. The number of amides is 4. The summed E-state index contributed by atoms with van der Waals surface area (Å²) in [6, 6.07) is 76.0. The molecule has 0 spiro atoms. The molecule has 10 aromatic rings. The first-order valence-corrected chi connectivity index (χ1v) is 28.3. The second kappa shape index (κ2) is 27.3. The van der Waals surface area contributed by atoms with Gasteiger partial charge in [0.15, 0.2) is 0 Å². The van der Waals surface area contributed by atoms with E-state index in [2.05, 4.69) is 20.0 Å². The van der Waals surface area contributed by atoms with E-state index in [1.54, 1.807) is 92.5 Å². The second-order valence-corrected chi connectivity index (χ2v) is 21.1. The minimum atomic E-state index is -0.265. The molecule has 10 aromatic carbocycles. The Morgan fingerprint density at radius 1 is 0.233 bits per heavy atom. The van der Waals surface area contributed by atoms with Crippen LogP contribution in [0.4, 0.5) is 66.5 Å². The van der Waals surface area contributed by atoms with Gasteiger partial charge in [-0.25, -0.2) is 58.4 Å². The summed E-state index contributed by atoms with van der Waals surface area (Å²) >= 11 is 0. The zero-order valence-corrected chi connectivity index (χ0v) is 47.6. The number of carbonyl (C=O) groups excluding carboxylic acids is 6. The normalized spacial score (nSPS) is 13.2. The first kappa shape index (κ1) is 59.3. The van der Waals surface area contributed by atoms with Crippen LogP contribution < -0.4 is 19.6 Å². The van der Waals surface area contributed by atoms with Gasteiger partial charge in [0.25, 0.3) is 0 Å². The predicted octanol–water partition coefficient (Wildman–Crippen LogP) is 16.4. The van der Waals surface area contributed by atoms with Gasteiger partial charge < -0.3 is 0 Å². The van der Waals surface area contributed by atoms with E-state index < -0.39 is 0 Å². The van der Waals surface area contributed by atoms with Crippen LogP contribution in [0.5, 0.6) is 0 Å². The van der Waals surface area contributed by atoms with E-state index in [1.165, 1.54) is 0 Å². The second-order valence-electron chi connectivity index (χ2n) is 21.1. The van der Waals surface area contributed by atoms with Gasteiger partial charge in [0.2, 0.25) is 36.2 Å². The van der Waals surface area contributed by atoms with Crippen molar-refractivity contribution in [2.75, 3.05) is 19.6 Å². The number of rotatable bonds is 20. The van der Waals surface area contributed by atoms with E-state index in [9.17, 15) is 28.8 Å². The van der Waals surface area contributed by atoms with Crippen LogP contribution >= 0.6 is 0 Å². The van der Waals surface area contributed by atoms with Crippen LogP contribution in [-0.2, 0) is 51.3 Å². The number of nitrogens with zero attached hydrogens (tertiary/aromatic N) is 10. The van der Waals surface area contributed by atoms with Crippen LogP contribution in [0.25, 0.3) is 0 Å². The Morgan fingerprint density at radius 2 is 0.389 bits per heavy atom. The molecule has 0 saturated carbocycles. The summed E-state index contributed by atoms with van der Waals surface area (Å²) in [4.78, 5) is 103. The van der Waals surface area contributed by atoms with Gasteiger partial charge in [-0.15, -0.1) is 0 Å². The van der Waals surface area contributed by atoms with Crippen molar-refractivity contribution in [3.63, 3.8) is 0 Å². The van der Waals surface area contributed by atoms with Crippen LogP contribution in [0.3, 0.4) is 0 Å². The molecule has 0 N–H and O–H groups in total. The lowest BCUT2D eigenvalue weighted by Gasteiger charge is -2.42. The molecule has 16 nitrogen and oxygen atoms in total. The molecule has 0 aromatic heterocycles. The lowest BCUT2D eigenvalue weighted by atomic mass is 10.0. The lowest BCUT2D eigenvalue weighted by molar-refractivity contribution is 0.252. The Kier molecular flexibility index (Phi) is 18.0. The van der Waals surface area contributed by atoms with E-state index in [0.717, 1.165) is 55.6 Å². The first-order chi connectivity index (χ1) is 43.7. The summed E-state index contributed by atoms with van der Waals surface area (Å²) in [5, 5.41) is 0. The molecule has 2 aliphatic heterocycles. The molecule has 2 fully saturated rings. The highest BCUT2D eigenvalue weighted by Gasteiger charge is 2.45. The highest BCUT2D eigenvalue weighted by molar-refractivity contribution is 6.44. The van der Waals surface area contributed by atoms with E-state index in [4.69, 9.17) is 9.98 Å². The quantitative estimate of drug-likeness (QED) is 0.0539. The third kappa shape index (κ3) is 13.6. The summed E-state index contributed by atoms with van der Waals surface area (Å²) in [7, 11) is 0. The highest BCUT2D eigenvalue weighted by atomic mass is 16.2. The molecule has 0 aliphatic carbocycles. The van der Waals surface area contributed by atoms with Crippen LogP contribution in [0, 0.1) is 0 Å². The molecular formula is C74H54N10O6. The average Bonchev–Trinajstić information content (AvgIpc) is 0.779.